The highest BCUT2D eigenvalue weighted by Crippen LogP contribution is 2.18. The number of benzene rings is 2. The second kappa shape index (κ2) is 8.34. The average Bonchev–Trinajstić information content (AvgIpc) is 3.12. The Bertz CT molecular complexity index is 688. The number of carbonyl (C=O) groups excluding carboxylic acids is 1. The number of nitrogens with one attached hydrogen (secondary N) is 1. The fraction of sp³-hybridized carbons (Fsp3) is 0.286. The van der Waals surface area contributed by atoms with Gasteiger partial charge in [-0.3, -0.25) is 4.79 Å². The molecule has 0 spiro atoms. The van der Waals surface area contributed by atoms with E-state index < -0.39 is 0 Å². The van der Waals surface area contributed by atoms with Crippen LogP contribution >= 0.6 is 0 Å². The van der Waals surface area contributed by atoms with Gasteiger partial charge in [0.05, 0.1) is 0 Å². The van der Waals surface area contributed by atoms with E-state index in [-0.39, 0.29) is 5.91 Å². The van der Waals surface area contributed by atoms with Crippen molar-refractivity contribution >= 4 is 12.0 Å². The standard InChI is InChI=1S/C21H23NO2/c23-21(22-19-10-4-5-11-19)14-13-17-9-6-12-20(15-17)24-16-18-7-2-1-3-8-18/h1-3,6-9,12-15,19H,4-5,10-11,16H2,(H,22,23)/b14-13+. The van der Waals surface area contributed by atoms with Gasteiger partial charge in [0, 0.05) is 12.1 Å². The van der Waals surface area contributed by atoms with E-state index in [4.69, 9.17) is 4.74 Å². The van der Waals surface area contributed by atoms with Gasteiger partial charge in [0.15, 0.2) is 0 Å². The van der Waals surface area contributed by atoms with Crippen LogP contribution in [0.25, 0.3) is 6.08 Å². The molecule has 1 N–H and O–H groups in total. The van der Waals surface area contributed by atoms with Crippen LogP contribution in [0.15, 0.2) is 60.7 Å². The van der Waals surface area contributed by atoms with E-state index in [1.165, 1.54) is 12.8 Å². The van der Waals surface area contributed by atoms with Gasteiger partial charge >= 0.3 is 0 Å². The normalized spacial score (nSPS) is 14.8. The van der Waals surface area contributed by atoms with Crippen molar-refractivity contribution in [2.24, 2.45) is 0 Å². The molecule has 0 heterocycles. The van der Waals surface area contributed by atoms with Crippen LogP contribution in [0, 0.1) is 0 Å². The Kier molecular flexibility index (Phi) is 5.67. The number of ether oxygens (including phenoxy) is 1. The molecule has 0 saturated heterocycles. The van der Waals surface area contributed by atoms with Crippen LogP contribution in [0.2, 0.25) is 0 Å². The maximum absolute atomic E-state index is 11.9. The minimum Gasteiger partial charge on any atom is -0.489 e. The van der Waals surface area contributed by atoms with Gasteiger partial charge in [0.25, 0.3) is 0 Å². The molecule has 1 saturated carbocycles. The molecule has 0 bridgehead atoms. The zero-order valence-corrected chi connectivity index (χ0v) is 13.8. The third-order valence-corrected chi connectivity index (χ3v) is 4.24. The van der Waals surface area contributed by atoms with Gasteiger partial charge in [-0.25, -0.2) is 0 Å². The summed E-state index contributed by atoms with van der Waals surface area (Å²) in [5, 5.41) is 3.05. The molecule has 0 radical (unpaired) electrons. The highest BCUT2D eigenvalue weighted by atomic mass is 16.5. The molecular weight excluding hydrogens is 298 g/mol. The molecule has 3 heteroatoms. The van der Waals surface area contributed by atoms with E-state index in [1.54, 1.807) is 6.08 Å². The fourth-order valence-electron chi connectivity index (χ4n) is 2.94. The predicted octanol–water partition coefficient (Wildman–Crippen LogP) is 4.34. The van der Waals surface area contributed by atoms with E-state index >= 15 is 0 Å². The lowest BCUT2D eigenvalue weighted by molar-refractivity contribution is -0.117. The molecule has 24 heavy (non-hydrogen) atoms. The molecule has 2 aromatic rings. The Hall–Kier alpha value is -2.55. The van der Waals surface area contributed by atoms with Crippen molar-refractivity contribution in [3.63, 3.8) is 0 Å². The minimum absolute atomic E-state index is 0.0162. The second-order valence-electron chi connectivity index (χ2n) is 6.17. The Balaban J connectivity index is 1.54. The van der Waals surface area contributed by atoms with Crippen LogP contribution in [0.1, 0.15) is 36.8 Å². The third kappa shape index (κ3) is 4.98. The van der Waals surface area contributed by atoms with Crippen molar-refractivity contribution in [3.05, 3.63) is 71.8 Å². The molecule has 0 unspecified atom stereocenters. The molecule has 3 nitrogen and oxygen atoms in total. The summed E-state index contributed by atoms with van der Waals surface area (Å²) in [5.74, 6) is 0.787. The molecular formula is C21H23NO2. The van der Waals surface area contributed by atoms with E-state index in [0.29, 0.717) is 12.6 Å². The summed E-state index contributed by atoms with van der Waals surface area (Å²) in [7, 11) is 0. The van der Waals surface area contributed by atoms with Crippen LogP contribution in [-0.4, -0.2) is 11.9 Å². The number of hydrogen-bond acceptors (Lipinski definition) is 2. The van der Waals surface area contributed by atoms with Gasteiger partial charge in [-0.15, -0.1) is 0 Å². The Morgan fingerprint density at radius 3 is 2.67 bits per heavy atom. The van der Waals surface area contributed by atoms with Crippen molar-refractivity contribution in [3.8, 4) is 5.75 Å². The van der Waals surface area contributed by atoms with Gasteiger partial charge in [0.1, 0.15) is 12.4 Å². The summed E-state index contributed by atoms with van der Waals surface area (Å²) in [4.78, 5) is 11.9. The zero-order valence-electron chi connectivity index (χ0n) is 13.8. The first-order valence-electron chi connectivity index (χ1n) is 8.55. The van der Waals surface area contributed by atoms with Crippen molar-refractivity contribution in [1.82, 2.24) is 5.32 Å². The van der Waals surface area contributed by atoms with Crippen LogP contribution in [0.4, 0.5) is 0 Å². The molecule has 124 valence electrons. The maximum atomic E-state index is 11.9. The van der Waals surface area contributed by atoms with Crippen molar-refractivity contribution < 1.29 is 9.53 Å². The lowest BCUT2D eigenvalue weighted by atomic mass is 10.2. The summed E-state index contributed by atoms with van der Waals surface area (Å²) >= 11 is 0. The lowest BCUT2D eigenvalue weighted by Gasteiger charge is -2.09. The van der Waals surface area contributed by atoms with Crippen LogP contribution in [0.3, 0.4) is 0 Å². The van der Waals surface area contributed by atoms with E-state index in [1.807, 2.05) is 60.7 Å². The number of rotatable bonds is 6. The van der Waals surface area contributed by atoms with Crippen molar-refractivity contribution in [1.29, 1.82) is 0 Å². The van der Waals surface area contributed by atoms with Gasteiger partial charge in [-0.05, 0) is 42.2 Å². The Morgan fingerprint density at radius 1 is 1.08 bits per heavy atom. The van der Waals surface area contributed by atoms with E-state index in [2.05, 4.69) is 5.32 Å². The smallest absolute Gasteiger partial charge is 0.244 e. The fourth-order valence-corrected chi connectivity index (χ4v) is 2.94. The first-order valence-corrected chi connectivity index (χ1v) is 8.55. The first kappa shape index (κ1) is 16.3. The second-order valence-corrected chi connectivity index (χ2v) is 6.17. The number of hydrogen-bond donors (Lipinski definition) is 1. The van der Waals surface area contributed by atoms with Gasteiger partial charge < -0.3 is 10.1 Å². The van der Waals surface area contributed by atoms with E-state index in [9.17, 15) is 4.79 Å². The molecule has 2 aromatic carbocycles. The highest BCUT2D eigenvalue weighted by molar-refractivity contribution is 5.91. The van der Waals surface area contributed by atoms with Crippen molar-refractivity contribution in [2.75, 3.05) is 0 Å². The summed E-state index contributed by atoms with van der Waals surface area (Å²) < 4.78 is 5.81. The predicted molar refractivity (Wildman–Crippen MR) is 96.6 cm³/mol. The molecule has 0 aliphatic heterocycles. The number of carbonyl (C=O) groups is 1. The van der Waals surface area contributed by atoms with Gasteiger partial charge in [0.2, 0.25) is 5.91 Å². The Labute approximate surface area is 143 Å². The molecule has 1 amide bonds. The maximum Gasteiger partial charge on any atom is 0.244 e. The molecule has 1 aliphatic carbocycles. The molecule has 1 fully saturated rings. The molecule has 0 atom stereocenters. The summed E-state index contributed by atoms with van der Waals surface area (Å²) in [5.41, 5.74) is 2.09. The molecule has 0 aromatic heterocycles. The SMILES string of the molecule is O=C(/C=C/c1cccc(OCc2ccccc2)c1)NC1CCCC1. The van der Waals surface area contributed by atoms with Crippen LogP contribution in [0.5, 0.6) is 5.75 Å². The zero-order chi connectivity index (χ0) is 16.6. The molecule has 1 aliphatic rings. The minimum atomic E-state index is -0.0162. The van der Waals surface area contributed by atoms with Crippen LogP contribution < -0.4 is 10.1 Å². The van der Waals surface area contributed by atoms with E-state index in [0.717, 1.165) is 29.7 Å². The highest BCUT2D eigenvalue weighted by Gasteiger charge is 2.15. The monoisotopic (exact) mass is 321 g/mol. The summed E-state index contributed by atoms with van der Waals surface area (Å²) in [6.45, 7) is 0.538. The summed E-state index contributed by atoms with van der Waals surface area (Å²) in [6, 6.07) is 18.2. The van der Waals surface area contributed by atoms with Gasteiger partial charge in [-0.1, -0.05) is 55.3 Å². The molecule has 3 rings (SSSR count). The number of amides is 1. The third-order valence-electron chi connectivity index (χ3n) is 4.24. The lowest BCUT2D eigenvalue weighted by Crippen LogP contribution is -2.30. The largest absolute Gasteiger partial charge is 0.489 e. The quantitative estimate of drug-likeness (QED) is 0.804. The Morgan fingerprint density at radius 2 is 1.88 bits per heavy atom. The van der Waals surface area contributed by atoms with Crippen LogP contribution in [-0.2, 0) is 11.4 Å². The van der Waals surface area contributed by atoms with Gasteiger partial charge in [-0.2, -0.15) is 0 Å². The average molecular weight is 321 g/mol. The first-order chi connectivity index (χ1) is 11.8. The topological polar surface area (TPSA) is 38.3 Å². The van der Waals surface area contributed by atoms with Crippen molar-refractivity contribution in [2.45, 2.75) is 38.3 Å². The summed E-state index contributed by atoms with van der Waals surface area (Å²) in [6.07, 6.45) is 8.07.